The van der Waals surface area contributed by atoms with Crippen LogP contribution < -0.4 is 0 Å². The van der Waals surface area contributed by atoms with E-state index in [1.165, 1.54) is 12.1 Å². The molecule has 0 unspecified atom stereocenters. The van der Waals surface area contributed by atoms with Crippen molar-refractivity contribution in [2.45, 2.75) is 6.42 Å². The van der Waals surface area contributed by atoms with E-state index < -0.39 is 4.92 Å². The van der Waals surface area contributed by atoms with Crippen molar-refractivity contribution in [3.05, 3.63) is 71.3 Å². The Kier molecular flexibility index (Phi) is 5.32. The second kappa shape index (κ2) is 7.03. The smallest absolute Gasteiger partial charge is 0.270 e. The molecule has 3 rings (SSSR count). The molecule has 0 aliphatic heterocycles. The third-order valence-corrected chi connectivity index (χ3v) is 3.16. The van der Waals surface area contributed by atoms with Gasteiger partial charge in [0.2, 0.25) is 0 Å². The van der Waals surface area contributed by atoms with Crippen molar-refractivity contribution in [3.63, 3.8) is 0 Å². The number of nitrogens with zero attached hydrogens (tertiary/aromatic N) is 3. The van der Waals surface area contributed by atoms with Crippen molar-refractivity contribution in [1.82, 2.24) is 9.97 Å². The quantitative estimate of drug-likeness (QED) is 0.405. The van der Waals surface area contributed by atoms with Crippen molar-refractivity contribution < 1.29 is 37.6 Å². The van der Waals surface area contributed by atoms with Gasteiger partial charge in [0.05, 0.1) is 10.4 Å². The number of hydrogen-bond acceptors (Lipinski definition) is 4. The van der Waals surface area contributed by atoms with E-state index in [4.69, 9.17) is 0 Å². The predicted octanol–water partition coefficient (Wildman–Crippen LogP) is 3.38. The van der Waals surface area contributed by atoms with E-state index >= 15 is 0 Å². The SMILES string of the molecule is [CH2-]Cc1[c-]ccc(-c2ncc3cc([N+](=O)[O-])ccc3n2)c1.[Y]. The summed E-state index contributed by atoms with van der Waals surface area (Å²) in [4.78, 5) is 19.1. The number of hydrogen-bond donors (Lipinski definition) is 0. The minimum Gasteiger partial charge on any atom is -0.341 e. The summed E-state index contributed by atoms with van der Waals surface area (Å²) in [5, 5.41) is 11.4. The van der Waals surface area contributed by atoms with Crippen LogP contribution >= 0.6 is 0 Å². The molecule has 1 radical (unpaired) electrons. The molecule has 0 fully saturated rings. The van der Waals surface area contributed by atoms with E-state index in [1.807, 2.05) is 18.2 Å². The molecule has 22 heavy (non-hydrogen) atoms. The molecular weight excluding hydrogens is 355 g/mol. The molecule has 0 aliphatic carbocycles. The number of rotatable bonds is 3. The monoisotopic (exact) mass is 366 g/mol. The molecule has 5 nitrogen and oxygen atoms in total. The maximum atomic E-state index is 10.8. The molecule has 0 amide bonds. The summed E-state index contributed by atoms with van der Waals surface area (Å²) in [6.45, 7) is 3.83. The largest absolute Gasteiger partial charge is 0.341 e. The molecular formula is C16H11N3O2Y-2. The first-order valence-corrected chi connectivity index (χ1v) is 6.39. The van der Waals surface area contributed by atoms with Crippen molar-refractivity contribution in [1.29, 1.82) is 0 Å². The van der Waals surface area contributed by atoms with Crippen molar-refractivity contribution >= 4 is 16.6 Å². The van der Waals surface area contributed by atoms with Crippen molar-refractivity contribution in [2.75, 3.05) is 0 Å². The Balaban J connectivity index is 0.00000176. The Morgan fingerprint density at radius 2 is 2.09 bits per heavy atom. The standard InChI is InChI=1S/C16H11N3O2.Y/c1-2-11-4-3-5-12(8-11)16-17-10-13-9-14(19(20)21)6-7-15(13)18-16;/h3,5-10H,1-2H2;/q-2;. The second-order valence-electron chi connectivity index (χ2n) is 4.55. The maximum absolute atomic E-state index is 10.8. The number of nitro groups is 1. The Hall–Kier alpha value is -1.72. The first kappa shape index (κ1) is 16.7. The molecule has 0 bridgehead atoms. The van der Waals surface area contributed by atoms with Crippen LogP contribution in [0.1, 0.15) is 5.56 Å². The molecule has 0 saturated heterocycles. The average Bonchev–Trinajstić information content (AvgIpc) is 2.53. The third kappa shape index (κ3) is 3.37. The number of aromatic nitrogens is 2. The molecule has 0 spiro atoms. The van der Waals surface area contributed by atoms with Gasteiger partial charge in [-0.15, -0.1) is 0 Å². The van der Waals surface area contributed by atoms with Gasteiger partial charge in [-0.3, -0.25) is 10.1 Å². The van der Waals surface area contributed by atoms with Gasteiger partial charge in [-0.25, -0.2) is 9.97 Å². The van der Waals surface area contributed by atoms with Crippen LogP contribution in [0.4, 0.5) is 5.69 Å². The van der Waals surface area contributed by atoms with Gasteiger partial charge >= 0.3 is 0 Å². The Morgan fingerprint density at radius 1 is 1.27 bits per heavy atom. The first-order chi connectivity index (χ1) is 10.2. The zero-order valence-corrected chi connectivity index (χ0v) is 14.5. The molecule has 6 heteroatoms. The summed E-state index contributed by atoms with van der Waals surface area (Å²) in [6.07, 6.45) is 2.25. The van der Waals surface area contributed by atoms with Crippen LogP contribution in [-0.2, 0) is 39.1 Å². The van der Waals surface area contributed by atoms with Gasteiger partial charge in [-0.05, 0) is 6.07 Å². The maximum Gasteiger partial charge on any atom is 0.270 e. The van der Waals surface area contributed by atoms with E-state index in [2.05, 4.69) is 23.0 Å². The van der Waals surface area contributed by atoms with E-state index in [1.54, 1.807) is 12.3 Å². The molecule has 1 heterocycles. The van der Waals surface area contributed by atoms with Gasteiger partial charge in [0, 0.05) is 56.4 Å². The van der Waals surface area contributed by atoms with Crippen LogP contribution in [0.15, 0.2) is 42.6 Å². The Bertz CT molecular complexity index is 836. The molecule has 0 atom stereocenters. The Labute approximate surface area is 152 Å². The number of non-ortho nitro benzene ring substituents is 1. The molecule has 3 aromatic rings. The number of fused-ring (bicyclic) bond motifs is 1. The van der Waals surface area contributed by atoms with Gasteiger partial charge in [0.1, 0.15) is 5.82 Å². The van der Waals surface area contributed by atoms with Gasteiger partial charge < -0.3 is 6.92 Å². The van der Waals surface area contributed by atoms with Gasteiger partial charge in [-0.1, -0.05) is 5.56 Å². The summed E-state index contributed by atoms with van der Waals surface area (Å²) >= 11 is 0. The average molecular weight is 366 g/mol. The van der Waals surface area contributed by atoms with Crippen LogP contribution in [0.25, 0.3) is 22.3 Å². The number of benzene rings is 2. The minimum absolute atomic E-state index is 0. The van der Waals surface area contributed by atoms with Crippen molar-refractivity contribution in [3.8, 4) is 11.4 Å². The first-order valence-electron chi connectivity index (χ1n) is 6.39. The normalized spacial score (nSPS) is 10.2. The summed E-state index contributed by atoms with van der Waals surface area (Å²) in [7, 11) is 0. The zero-order chi connectivity index (χ0) is 14.8. The molecule has 2 aromatic carbocycles. The van der Waals surface area contributed by atoms with Gasteiger partial charge in [-0.2, -0.15) is 36.2 Å². The fourth-order valence-electron chi connectivity index (χ4n) is 2.07. The number of nitro benzene ring substituents is 1. The van der Waals surface area contributed by atoms with Crippen LogP contribution in [0.5, 0.6) is 0 Å². The summed E-state index contributed by atoms with van der Waals surface area (Å²) in [5.74, 6) is 0.583. The zero-order valence-electron chi connectivity index (χ0n) is 11.7. The summed E-state index contributed by atoms with van der Waals surface area (Å²) in [5.41, 5.74) is 2.58. The van der Waals surface area contributed by atoms with Crippen LogP contribution in [-0.4, -0.2) is 14.9 Å². The minimum atomic E-state index is -0.430. The van der Waals surface area contributed by atoms with E-state index in [0.29, 0.717) is 23.1 Å². The summed E-state index contributed by atoms with van der Waals surface area (Å²) < 4.78 is 0. The van der Waals surface area contributed by atoms with Gasteiger partial charge in [0.25, 0.3) is 5.69 Å². The topological polar surface area (TPSA) is 68.9 Å². The fourth-order valence-corrected chi connectivity index (χ4v) is 2.07. The molecule has 0 saturated carbocycles. The third-order valence-electron chi connectivity index (χ3n) is 3.16. The van der Waals surface area contributed by atoms with E-state index in [9.17, 15) is 10.1 Å². The fraction of sp³-hybridized carbons (Fsp3) is 0.0625. The summed E-state index contributed by atoms with van der Waals surface area (Å²) in [6, 6.07) is 13.3. The molecule has 107 valence electrons. The van der Waals surface area contributed by atoms with E-state index in [-0.39, 0.29) is 38.4 Å². The van der Waals surface area contributed by atoms with E-state index in [0.717, 1.165) is 11.1 Å². The van der Waals surface area contributed by atoms with Crippen LogP contribution in [0, 0.1) is 23.1 Å². The molecule has 0 aliphatic rings. The van der Waals surface area contributed by atoms with Gasteiger partial charge in [0.15, 0.2) is 0 Å². The molecule has 1 aromatic heterocycles. The van der Waals surface area contributed by atoms with Crippen molar-refractivity contribution in [2.24, 2.45) is 0 Å². The second-order valence-corrected chi connectivity index (χ2v) is 4.55. The van der Waals surface area contributed by atoms with Crippen LogP contribution in [0.2, 0.25) is 0 Å². The predicted molar refractivity (Wildman–Crippen MR) is 79.5 cm³/mol. The Morgan fingerprint density at radius 3 is 2.82 bits per heavy atom. The molecule has 0 N–H and O–H groups in total. The van der Waals surface area contributed by atoms with Crippen LogP contribution in [0.3, 0.4) is 0 Å².